The number of nitrogens with zero attached hydrogens (tertiary/aromatic N) is 2. The summed E-state index contributed by atoms with van der Waals surface area (Å²) >= 11 is 0. The minimum absolute atomic E-state index is 0.0779. The summed E-state index contributed by atoms with van der Waals surface area (Å²) in [4.78, 5) is 42.6. The molecule has 1 aliphatic heterocycles. The molecule has 1 unspecified atom stereocenters. The Labute approximate surface area is 182 Å². The molecule has 1 saturated heterocycles. The van der Waals surface area contributed by atoms with Crippen LogP contribution in [0.3, 0.4) is 0 Å². The lowest BCUT2D eigenvalue weighted by atomic mass is 9.85. The van der Waals surface area contributed by atoms with Crippen LogP contribution in [0.4, 0.5) is 4.79 Å². The van der Waals surface area contributed by atoms with Crippen LogP contribution in [-0.2, 0) is 4.79 Å². The molecule has 4 amide bonds. The monoisotopic (exact) mass is 428 g/mol. The lowest BCUT2D eigenvalue weighted by Gasteiger charge is -2.33. The van der Waals surface area contributed by atoms with E-state index in [-0.39, 0.29) is 41.6 Å². The minimum Gasteiger partial charge on any atom is -0.474 e. The third-order valence-electron chi connectivity index (χ3n) is 6.96. The predicted molar refractivity (Wildman–Crippen MR) is 114 cm³/mol. The van der Waals surface area contributed by atoms with E-state index in [1.165, 1.54) is 37.0 Å². The highest BCUT2D eigenvalue weighted by molar-refractivity contribution is 6.04. The van der Waals surface area contributed by atoms with Crippen molar-refractivity contribution in [1.29, 1.82) is 0 Å². The number of pyridine rings is 1. The maximum absolute atomic E-state index is 12.9. The first-order chi connectivity index (χ1) is 15.0. The van der Waals surface area contributed by atoms with Gasteiger partial charge < -0.3 is 15.8 Å². The minimum atomic E-state index is -0.574. The van der Waals surface area contributed by atoms with Gasteiger partial charge in [0, 0.05) is 12.2 Å². The highest BCUT2D eigenvalue weighted by Gasteiger charge is 2.43. The summed E-state index contributed by atoms with van der Waals surface area (Å²) in [7, 11) is 0. The fourth-order valence-electron chi connectivity index (χ4n) is 5.22. The molecule has 2 saturated carbocycles. The van der Waals surface area contributed by atoms with Crippen LogP contribution in [0.5, 0.6) is 5.88 Å². The molecule has 0 radical (unpaired) electrons. The van der Waals surface area contributed by atoms with Crippen molar-refractivity contribution in [1.82, 2.24) is 15.2 Å². The van der Waals surface area contributed by atoms with E-state index >= 15 is 0 Å². The fourth-order valence-corrected chi connectivity index (χ4v) is 5.22. The van der Waals surface area contributed by atoms with E-state index in [0.717, 1.165) is 12.8 Å². The second kappa shape index (κ2) is 9.66. The summed E-state index contributed by atoms with van der Waals surface area (Å²) in [5.74, 6) is 0.287. The zero-order valence-corrected chi connectivity index (χ0v) is 17.9. The second-order valence-electron chi connectivity index (χ2n) is 9.06. The van der Waals surface area contributed by atoms with Gasteiger partial charge in [-0.05, 0) is 56.6 Å². The molecular weight excluding hydrogens is 396 g/mol. The number of carbonyl (C=O) groups excluding carboxylic acids is 3. The predicted octanol–water partition coefficient (Wildman–Crippen LogP) is 3.15. The van der Waals surface area contributed by atoms with Crippen molar-refractivity contribution in [3.63, 3.8) is 0 Å². The van der Waals surface area contributed by atoms with Crippen LogP contribution in [0.1, 0.15) is 81.0 Å². The molecule has 2 heterocycles. The first kappa shape index (κ1) is 21.6. The average Bonchev–Trinajstić information content (AvgIpc) is 3.07. The summed E-state index contributed by atoms with van der Waals surface area (Å²) in [6.45, 7) is 0. The van der Waals surface area contributed by atoms with Gasteiger partial charge >= 0.3 is 6.03 Å². The Balaban J connectivity index is 1.29. The maximum atomic E-state index is 12.9. The Morgan fingerprint density at radius 1 is 1.10 bits per heavy atom. The number of aromatic nitrogens is 1. The van der Waals surface area contributed by atoms with Crippen LogP contribution >= 0.6 is 0 Å². The lowest BCUT2D eigenvalue weighted by molar-refractivity contribution is -0.130. The second-order valence-corrected chi connectivity index (χ2v) is 9.06. The standard InChI is InChI=1S/C23H32N4O4/c24-20(28)18-7-4-14-25-21(18)31-17-11-9-16(10-12-17)27-22(29)19(26-23(27)30)13-8-15-5-2-1-3-6-15/h4,7,14-17,19H,1-3,5-6,8-13H2,(H2,24,28)(H,26,30). The molecule has 8 nitrogen and oxygen atoms in total. The number of urea groups is 1. The number of ether oxygens (including phenoxy) is 1. The number of nitrogens with one attached hydrogen (secondary N) is 1. The molecule has 4 rings (SSSR count). The number of nitrogens with two attached hydrogens (primary N) is 1. The molecule has 8 heteroatoms. The number of carbonyl (C=O) groups is 3. The molecule has 1 aromatic heterocycles. The topological polar surface area (TPSA) is 115 Å². The van der Waals surface area contributed by atoms with Gasteiger partial charge in [0.05, 0.1) is 0 Å². The fraction of sp³-hybridized carbons (Fsp3) is 0.652. The van der Waals surface area contributed by atoms with Gasteiger partial charge in [0.25, 0.3) is 11.8 Å². The van der Waals surface area contributed by atoms with E-state index in [1.807, 2.05) is 0 Å². The summed E-state index contributed by atoms with van der Waals surface area (Å²) < 4.78 is 5.92. The quantitative estimate of drug-likeness (QED) is 0.648. The molecule has 1 aromatic rings. The van der Waals surface area contributed by atoms with Gasteiger partial charge in [0.15, 0.2) is 0 Å². The Bertz CT molecular complexity index is 816. The molecule has 1 atom stereocenters. The normalized spacial score (nSPS) is 27.2. The first-order valence-electron chi connectivity index (χ1n) is 11.6. The van der Waals surface area contributed by atoms with Crippen LogP contribution in [0.15, 0.2) is 18.3 Å². The van der Waals surface area contributed by atoms with Crippen molar-refractivity contribution in [2.45, 2.75) is 88.8 Å². The molecule has 0 aromatic carbocycles. The Hall–Kier alpha value is -2.64. The smallest absolute Gasteiger partial charge is 0.325 e. The van der Waals surface area contributed by atoms with E-state index in [0.29, 0.717) is 31.6 Å². The molecule has 3 fully saturated rings. The van der Waals surface area contributed by atoms with Crippen molar-refractivity contribution >= 4 is 17.8 Å². The summed E-state index contributed by atoms with van der Waals surface area (Å²) in [6, 6.07) is 2.49. The van der Waals surface area contributed by atoms with E-state index in [9.17, 15) is 14.4 Å². The molecule has 3 N–H and O–H groups in total. The molecule has 168 valence electrons. The van der Waals surface area contributed by atoms with Crippen molar-refractivity contribution in [3.05, 3.63) is 23.9 Å². The van der Waals surface area contributed by atoms with E-state index in [1.54, 1.807) is 18.3 Å². The highest BCUT2D eigenvalue weighted by atomic mass is 16.5. The summed E-state index contributed by atoms with van der Waals surface area (Å²) in [5.41, 5.74) is 5.66. The molecule has 0 spiro atoms. The van der Waals surface area contributed by atoms with E-state index in [2.05, 4.69) is 10.3 Å². The number of amides is 4. The Kier molecular flexibility index (Phi) is 6.73. The zero-order chi connectivity index (χ0) is 21.8. The van der Waals surface area contributed by atoms with Gasteiger partial charge in [-0.25, -0.2) is 9.78 Å². The maximum Gasteiger partial charge on any atom is 0.325 e. The molecular formula is C23H32N4O4. The lowest BCUT2D eigenvalue weighted by Crippen LogP contribution is -2.44. The van der Waals surface area contributed by atoms with Crippen molar-refractivity contribution in [2.24, 2.45) is 11.7 Å². The molecule has 0 bridgehead atoms. The molecule has 3 aliphatic rings. The van der Waals surface area contributed by atoms with Gasteiger partial charge in [0.1, 0.15) is 17.7 Å². The molecule has 2 aliphatic carbocycles. The van der Waals surface area contributed by atoms with Crippen molar-refractivity contribution in [3.8, 4) is 5.88 Å². The third-order valence-corrected chi connectivity index (χ3v) is 6.96. The summed E-state index contributed by atoms with van der Waals surface area (Å²) in [6.07, 6.45) is 12.3. The van der Waals surface area contributed by atoms with Gasteiger partial charge in [0.2, 0.25) is 5.88 Å². The van der Waals surface area contributed by atoms with Crippen LogP contribution in [0.25, 0.3) is 0 Å². The number of primary amides is 1. The van der Waals surface area contributed by atoms with Crippen molar-refractivity contribution < 1.29 is 19.1 Å². The van der Waals surface area contributed by atoms with Crippen LogP contribution in [-0.4, -0.2) is 45.9 Å². The summed E-state index contributed by atoms with van der Waals surface area (Å²) in [5, 5.41) is 2.91. The Morgan fingerprint density at radius 2 is 1.84 bits per heavy atom. The number of hydrogen-bond acceptors (Lipinski definition) is 5. The van der Waals surface area contributed by atoms with Gasteiger partial charge in [-0.1, -0.05) is 32.1 Å². The van der Waals surface area contributed by atoms with E-state index in [4.69, 9.17) is 10.5 Å². The SMILES string of the molecule is NC(=O)c1cccnc1OC1CCC(N2C(=O)NC(CCC3CCCCC3)C2=O)CC1. The molecule has 31 heavy (non-hydrogen) atoms. The number of hydrogen-bond donors (Lipinski definition) is 2. The van der Waals surface area contributed by atoms with Crippen LogP contribution in [0.2, 0.25) is 0 Å². The highest BCUT2D eigenvalue weighted by Crippen LogP contribution is 2.31. The van der Waals surface area contributed by atoms with E-state index < -0.39 is 5.91 Å². The van der Waals surface area contributed by atoms with Gasteiger partial charge in [-0.15, -0.1) is 0 Å². The zero-order valence-electron chi connectivity index (χ0n) is 17.9. The number of rotatable bonds is 7. The van der Waals surface area contributed by atoms with Crippen LogP contribution < -0.4 is 15.8 Å². The third kappa shape index (κ3) is 4.99. The Morgan fingerprint density at radius 3 is 2.55 bits per heavy atom. The van der Waals surface area contributed by atoms with Gasteiger partial charge in [-0.2, -0.15) is 0 Å². The van der Waals surface area contributed by atoms with Crippen LogP contribution in [0, 0.1) is 5.92 Å². The number of imide groups is 1. The first-order valence-corrected chi connectivity index (χ1v) is 11.6. The average molecular weight is 429 g/mol. The van der Waals surface area contributed by atoms with Gasteiger partial charge in [-0.3, -0.25) is 14.5 Å². The largest absolute Gasteiger partial charge is 0.474 e. The van der Waals surface area contributed by atoms with Crippen molar-refractivity contribution in [2.75, 3.05) is 0 Å².